The normalized spacial score (nSPS) is 23.8. The van der Waals surface area contributed by atoms with Crippen molar-refractivity contribution >= 4 is 11.6 Å². The van der Waals surface area contributed by atoms with Gasteiger partial charge in [-0.3, -0.25) is 14.7 Å². The number of likely N-dealkylation sites (tertiary alicyclic amines) is 1. The van der Waals surface area contributed by atoms with E-state index in [1.807, 2.05) is 19.2 Å². The Balaban J connectivity index is 1.49. The number of hydrogen-bond donors (Lipinski definition) is 0. The minimum absolute atomic E-state index is 0.0381. The number of hydrogen-bond acceptors (Lipinski definition) is 4. The largest absolute Gasteiger partial charge is 0.362 e. The first-order valence-electron chi connectivity index (χ1n) is 9.37. The lowest BCUT2D eigenvalue weighted by Gasteiger charge is -2.47. The Labute approximate surface area is 158 Å². The number of anilines is 1. The van der Waals surface area contributed by atoms with Crippen molar-refractivity contribution in [3.63, 3.8) is 0 Å². The van der Waals surface area contributed by atoms with E-state index in [0.717, 1.165) is 38.2 Å². The molecular weight excluding hydrogens is 345 g/mol. The van der Waals surface area contributed by atoms with Gasteiger partial charge in [0.05, 0.1) is 12.1 Å². The molecule has 2 aliphatic heterocycles. The maximum Gasteiger partial charge on any atom is 0.253 e. The molecule has 6 heteroatoms. The molecule has 0 N–H and O–H groups in total. The zero-order chi connectivity index (χ0) is 18.9. The molecule has 2 fully saturated rings. The molecule has 1 aromatic heterocycles. The highest BCUT2D eigenvalue weighted by molar-refractivity contribution is 5.95. The fourth-order valence-corrected chi connectivity index (χ4v) is 4.02. The Hall–Kier alpha value is -2.31. The first kappa shape index (κ1) is 18.1. The minimum Gasteiger partial charge on any atom is -0.362 e. The van der Waals surface area contributed by atoms with E-state index in [-0.39, 0.29) is 18.3 Å². The highest BCUT2D eigenvalue weighted by Crippen LogP contribution is 2.32. The number of ether oxygens (including phenoxy) is 1. The number of piperidine rings is 1. The average molecular weight is 369 g/mol. The lowest BCUT2D eigenvalue weighted by molar-refractivity contribution is -0.146. The molecule has 2 aromatic rings. The van der Waals surface area contributed by atoms with Gasteiger partial charge in [0.1, 0.15) is 12.4 Å². The van der Waals surface area contributed by atoms with Crippen LogP contribution in [0.2, 0.25) is 0 Å². The van der Waals surface area contributed by atoms with Crippen LogP contribution in [0.3, 0.4) is 0 Å². The van der Waals surface area contributed by atoms with Crippen LogP contribution in [0, 0.1) is 12.7 Å². The van der Waals surface area contributed by atoms with Crippen molar-refractivity contribution in [3.05, 3.63) is 59.7 Å². The second kappa shape index (κ2) is 7.37. The van der Waals surface area contributed by atoms with Gasteiger partial charge in [0.25, 0.3) is 5.91 Å². The molecule has 1 atom stereocenters. The minimum atomic E-state index is -0.406. The Morgan fingerprint density at radius 1 is 1.26 bits per heavy atom. The third-order valence-corrected chi connectivity index (χ3v) is 5.37. The van der Waals surface area contributed by atoms with Crippen LogP contribution in [0.4, 0.5) is 10.1 Å². The molecular formula is C21H24FN3O2. The van der Waals surface area contributed by atoms with E-state index >= 15 is 0 Å². The van der Waals surface area contributed by atoms with Crippen LogP contribution in [0.5, 0.6) is 0 Å². The molecule has 0 radical (unpaired) electrons. The van der Waals surface area contributed by atoms with E-state index in [2.05, 4.69) is 16.0 Å². The van der Waals surface area contributed by atoms with Crippen molar-refractivity contribution in [1.82, 2.24) is 9.88 Å². The lowest BCUT2D eigenvalue weighted by Crippen LogP contribution is -2.61. The Morgan fingerprint density at radius 3 is 2.93 bits per heavy atom. The fourth-order valence-electron chi connectivity index (χ4n) is 4.02. The number of nitrogens with zero attached hydrogens (tertiary/aromatic N) is 3. The van der Waals surface area contributed by atoms with Gasteiger partial charge >= 0.3 is 0 Å². The van der Waals surface area contributed by atoms with E-state index in [1.54, 1.807) is 17.0 Å². The second-order valence-electron chi connectivity index (χ2n) is 7.55. The number of aryl methyl sites for hydroxylation is 1. The monoisotopic (exact) mass is 369 g/mol. The summed E-state index contributed by atoms with van der Waals surface area (Å²) in [5, 5.41) is 0. The SMILES string of the molecule is Cc1ccc(CN2CCCC3(C2)CN(c2cccc(F)c2)C(=O)CO3)cn1. The predicted octanol–water partition coefficient (Wildman–Crippen LogP) is 2.93. The zero-order valence-corrected chi connectivity index (χ0v) is 15.5. The number of benzene rings is 1. The van der Waals surface area contributed by atoms with Crippen molar-refractivity contribution < 1.29 is 13.9 Å². The third-order valence-electron chi connectivity index (χ3n) is 5.37. The molecule has 1 unspecified atom stereocenters. The summed E-state index contributed by atoms with van der Waals surface area (Å²) in [5.41, 5.74) is 2.37. The van der Waals surface area contributed by atoms with Gasteiger partial charge in [0.15, 0.2) is 0 Å². The number of amides is 1. The number of pyridine rings is 1. The van der Waals surface area contributed by atoms with E-state index in [4.69, 9.17) is 4.74 Å². The maximum atomic E-state index is 13.6. The van der Waals surface area contributed by atoms with E-state index in [0.29, 0.717) is 12.2 Å². The summed E-state index contributed by atoms with van der Waals surface area (Å²) in [7, 11) is 0. The first-order valence-corrected chi connectivity index (χ1v) is 9.37. The molecule has 4 rings (SSSR count). The topological polar surface area (TPSA) is 45.7 Å². The number of carbonyl (C=O) groups is 1. The molecule has 27 heavy (non-hydrogen) atoms. The quantitative estimate of drug-likeness (QED) is 0.835. The predicted molar refractivity (Wildman–Crippen MR) is 101 cm³/mol. The molecule has 1 amide bonds. The molecule has 0 saturated carbocycles. The van der Waals surface area contributed by atoms with Crippen molar-refractivity contribution in [2.75, 3.05) is 31.1 Å². The van der Waals surface area contributed by atoms with Crippen LogP contribution in [0.25, 0.3) is 0 Å². The van der Waals surface area contributed by atoms with Crippen molar-refractivity contribution in [2.24, 2.45) is 0 Å². The Bertz CT molecular complexity index is 826. The van der Waals surface area contributed by atoms with Crippen LogP contribution in [0.15, 0.2) is 42.6 Å². The molecule has 3 heterocycles. The highest BCUT2D eigenvalue weighted by atomic mass is 19.1. The number of carbonyl (C=O) groups excluding carboxylic acids is 1. The van der Waals surface area contributed by atoms with Gasteiger partial charge in [-0.1, -0.05) is 12.1 Å². The van der Waals surface area contributed by atoms with Crippen molar-refractivity contribution in [3.8, 4) is 0 Å². The summed E-state index contributed by atoms with van der Waals surface area (Å²) < 4.78 is 19.7. The second-order valence-corrected chi connectivity index (χ2v) is 7.55. The van der Waals surface area contributed by atoms with Crippen LogP contribution in [-0.2, 0) is 16.1 Å². The summed E-state index contributed by atoms with van der Waals surface area (Å²) >= 11 is 0. The molecule has 5 nitrogen and oxygen atoms in total. The zero-order valence-electron chi connectivity index (χ0n) is 15.5. The van der Waals surface area contributed by atoms with E-state index in [9.17, 15) is 9.18 Å². The van der Waals surface area contributed by atoms with Gasteiger partial charge in [-0.2, -0.15) is 0 Å². The summed E-state index contributed by atoms with van der Waals surface area (Å²) in [6.45, 7) is 5.03. The molecule has 2 saturated heterocycles. The maximum absolute atomic E-state index is 13.6. The van der Waals surface area contributed by atoms with Crippen LogP contribution in [-0.4, -0.2) is 47.6 Å². The van der Waals surface area contributed by atoms with Crippen LogP contribution >= 0.6 is 0 Å². The van der Waals surface area contributed by atoms with Gasteiger partial charge in [-0.05, 0) is 56.1 Å². The summed E-state index contributed by atoms with van der Waals surface area (Å²) in [6, 6.07) is 10.3. The Kier molecular flexibility index (Phi) is 4.93. The van der Waals surface area contributed by atoms with E-state index < -0.39 is 5.60 Å². The van der Waals surface area contributed by atoms with Crippen LogP contribution < -0.4 is 4.90 Å². The number of rotatable bonds is 3. The van der Waals surface area contributed by atoms with Crippen molar-refractivity contribution in [1.29, 1.82) is 0 Å². The van der Waals surface area contributed by atoms with Gasteiger partial charge in [0, 0.05) is 30.7 Å². The molecule has 142 valence electrons. The summed E-state index contributed by atoms with van der Waals surface area (Å²) in [4.78, 5) is 20.8. The van der Waals surface area contributed by atoms with Gasteiger partial charge in [-0.15, -0.1) is 0 Å². The summed E-state index contributed by atoms with van der Waals surface area (Å²) in [5.74, 6) is -0.455. The molecule has 1 aromatic carbocycles. The van der Waals surface area contributed by atoms with Crippen LogP contribution in [0.1, 0.15) is 24.1 Å². The summed E-state index contributed by atoms with van der Waals surface area (Å²) in [6.07, 6.45) is 3.82. The van der Waals surface area contributed by atoms with Gasteiger partial charge in [0.2, 0.25) is 0 Å². The van der Waals surface area contributed by atoms with E-state index in [1.165, 1.54) is 17.7 Å². The first-order chi connectivity index (χ1) is 13.0. The fraction of sp³-hybridized carbons (Fsp3) is 0.429. The number of morpholine rings is 1. The molecule has 0 aliphatic carbocycles. The standard InChI is InChI=1S/C21H24FN3O2/c1-16-6-7-17(11-23-16)12-24-9-3-8-21(14-24)15-25(20(26)13-27-21)19-5-2-4-18(22)10-19/h2,4-7,10-11H,3,8-9,12-15H2,1H3. The highest BCUT2D eigenvalue weighted by Gasteiger charge is 2.43. The number of aromatic nitrogens is 1. The smallest absolute Gasteiger partial charge is 0.253 e. The molecule has 1 spiro atoms. The lowest BCUT2D eigenvalue weighted by atomic mass is 9.90. The number of halogens is 1. The third kappa shape index (κ3) is 4.01. The molecule has 0 bridgehead atoms. The van der Waals surface area contributed by atoms with Gasteiger partial charge in [-0.25, -0.2) is 4.39 Å². The van der Waals surface area contributed by atoms with Gasteiger partial charge < -0.3 is 9.64 Å². The Morgan fingerprint density at radius 2 is 2.15 bits per heavy atom. The molecule has 2 aliphatic rings. The van der Waals surface area contributed by atoms with Crippen molar-refractivity contribution in [2.45, 2.75) is 31.9 Å². The average Bonchev–Trinajstić information content (AvgIpc) is 2.66.